The van der Waals surface area contributed by atoms with Gasteiger partial charge in [-0.15, -0.1) is 21.5 Å². The first-order chi connectivity index (χ1) is 10.6. The van der Waals surface area contributed by atoms with E-state index in [1.54, 1.807) is 11.3 Å². The Morgan fingerprint density at radius 2 is 2.00 bits per heavy atom. The fraction of sp³-hybridized carbons (Fsp3) is 0.429. The van der Waals surface area contributed by atoms with Crippen LogP contribution < -0.4 is 10.4 Å². The predicted octanol–water partition coefficient (Wildman–Crippen LogP) is 1.76. The highest BCUT2D eigenvalue weighted by Gasteiger charge is 2.32. The topological polar surface area (TPSA) is 95.0 Å². The lowest BCUT2D eigenvalue weighted by molar-refractivity contribution is -0.313. The van der Waals surface area contributed by atoms with Gasteiger partial charge in [0.1, 0.15) is 0 Å². The summed E-state index contributed by atoms with van der Waals surface area (Å²) in [4.78, 5) is 24.5. The van der Waals surface area contributed by atoms with E-state index in [9.17, 15) is 14.7 Å². The lowest BCUT2D eigenvalue weighted by Crippen LogP contribution is -2.42. The van der Waals surface area contributed by atoms with Crippen molar-refractivity contribution in [3.8, 4) is 9.88 Å². The monoisotopic (exact) mass is 336 g/mol. The third kappa shape index (κ3) is 3.17. The minimum absolute atomic E-state index is 0.303. The van der Waals surface area contributed by atoms with Gasteiger partial charge in [-0.25, -0.2) is 0 Å². The standard InChI is InChI=1S/C14H15N3O3S2/c18-11(8-4-1-2-5-9(8)13(19)20)15-14-17-16-12(22-14)10-6-3-7-21-10/h3,6-9H,1-2,4-5H2,(H,19,20)(H,15,17,18)/p-1/t8-,9-/m1/s1. The molecule has 3 rings (SSSR count). The Labute approximate surface area is 135 Å². The number of anilines is 1. The molecule has 22 heavy (non-hydrogen) atoms. The van der Waals surface area contributed by atoms with Gasteiger partial charge in [0.05, 0.1) is 4.88 Å². The third-order valence-corrected chi connectivity index (χ3v) is 5.67. The smallest absolute Gasteiger partial charge is 0.229 e. The highest BCUT2D eigenvalue weighted by molar-refractivity contribution is 7.23. The van der Waals surface area contributed by atoms with Gasteiger partial charge < -0.3 is 15.2 Å². The van der Waals surface area contributed by atoms with Crippen molar-refractivity contribution in [2.45, 2.75) is 25.7 Å². The first kappa shape index (κ1) is 15.1. The molecule has 1 aliphatic carbocycles. The Morgan fingerprint density at radius 1 is 1.23 bits per heavy atom. The average molecular weight is 336 g/mol. The Bertz CT molecular complexity index is 669. The van der Waals surface area contributed by atoms with E-state index in [4.69, 9.17) is 0 Å². The second-order valence-corrected chi connectivity index (χ2v) is 7.12. The molecule has 0 unspecified atom stereocenters. The van der Waals surface area contributed by atoms with Crippen LogP contribution in [0.1, 0.15) is 25.7 Å². The zero-order valence-electron chi connectivity index (χ0n) is 11.7. The van der Waals surface area contributed by atoms with Gasteiger partial charge in [-0.1, -0.05) is 30.2 Å². The molecule has 116 valence electrons. The predicted molar refractivity (Wildman–Crippen MR) is 82.3 cm³/mol. The Hall–Kier alpha value is -1.80. The van der Waals surface area contributed by atoms with Gasteiger partial charge in [-0.05, 0) is 24.3 Å². The average Bonchev–Trinajstić information content (AvgIpc) is 3.17. The molecule has 1 N–H and O–H groups in total. The van der Waals surface area contributed by atoms with E-state index in [0.717, 1.165) is 22.7 Å². The minimum Gasteiger partial charge on any atom is -0.550 e. The lowest BCUT2D eigenvalue weighted by Gasteiger charge is -2.30. The molecule has 2 atom stereocenters. The third-order valence-electron chi connectivity index (χ3n) is 3.79. The number of hydrogen-bond donors (Lipinski definition) is 1. The number of carbonyl (C=O) groups is 2. The first-order valence-corrected chi connectivity index (χ1v) is 8.74. The van der Waals surface area contributed by atoms with Gasteiger partial charge in [-0.3, -0.25) is 4.79 Å². The summed E-state index contributed by atoms with van der Waals surface area (Å²) in [5, 5.41) is 25.0. The lowest BCUT2D eigenvalue weighted by atomic mass is 9.79. The largest absolute Gasteiger partial charge is 0.550 e. The van der Waals surface area contributed by atoms with Gasteiger partial charge in [0.25, 0.3) is 0 Å². The molecule has 2 heterocycles. The van der Waals surface area contributed by atoms with Gasteiger partial charge in [0, 0.05) is 17.8 Å². The molecule has 1 aliphatic rings. The molecule has 0 saturated heterocycles. The van der Waals surface area contributed by atoms with E-state index in [1.807, 2.05) is 17.5 Å². The maximum Gasteiger partial charge on any atom is 0.229 e. The highest BCUT2D eigenvalue weighted by atomic mass is 32.1. The molecule has 1 amide bonds. The molecule has 6 nitrogen and oxygen atoms in total. The number of nitrogens with one attached hydrogen (secondary N) is 1. The number of nitrogens with zero attached hydrogens (tertiary/aromatic N) is 2. The van der Waals surface area contributed by atoms with Crippen molar-refractivity contribution < 1.29 is 14.7 Å². The zero-order valence-corrected chi connectivity index (χ0v) is 13.3. The minimum atomic E-state index is -1.14. The molecule has 1 saturated carbocycles. The molecule has 0 radical (unpaired) electrons. The van der Waals surface area contributed by atoms with Gasteiger partial charge in [-0.2, -0.15) is 0 Å². The molecule has 0 spiro atoms. The zero-order chi connectivity index (χ0) is 15.5. The Balaban J connectivity index is 1.70. The maximum absolute atomic E-state index is 12.3. The van der Waals surface area contributed by atoms with Crippen molar-refractivity contribution in [3.05, 3.63) is 17.5 Å². The van der Waals surface area contributed by atoms with Crippen LogP contribution in [0.15, 0.2) is 17.5 Å². The summed E-state index contributed by atoms with van der Waals surface area (Å²) in [7, 11) is 0. The second-order valence-electron chi connectivity index (χ2n) is 5.20. The normalized spacial score (nSPS) is 21.5. The van der Waals surface area contributed by atoms with Gasteiger partial charge in [0.2, 0.25) is 11.0 Å². The van der Waals surface area contributed by atoms with Crippen molar-refractivity contribution in [2.24, 2.45) is 11.8 Å². The molecular weight excluding hydrogens is 322 g/mol. The van der Waals surface area contributed by atoms with Crippen LogP contribution in [0.2, 0.25) is 0 Å². The first-order valence-electron chi connectivity index (χ1n) is 7.04. The molecule has 2 aromatic rings. The molecule has 0 bridgehead atoms. The van der Waals surface area contributed by atoms with E-state index in [-0.39, 0.29) is 5.91 Å². The number of amides is 1. The summed E-state index contributed by atoms with van der Waals surface area (Å²) in [6.07, 6.45) is 2.75. The van der Waals surface area contributed by atoms with Crippen LogP contribution >= 0.6 is 22.7 Å². The van der Waals surface area contributed by atoms with Crippen LogP contribution in [0.25, 0.3) is 9.88 Å². The molecule has 1 fully saturated rings. The van der Waals surface area contributed by atoms with Crippen molar-refractivity contribution in [1.82, 2.24) is 10.2 Å². The molecular formula is C14H14N3O3S2-. The van der Waals surface area contributed by atoms with Gasteiger partial charge >= 0.3 is 0 Å². The van der Waals surface area contributed by atoms with Crippen molar-refractivity contribution in [2.75, 3.05) is 5.32 Å². The summed E-state index contributed by atoms with van der Waals surface area (Å²) < 4.78 is 0. The SMILES string of the molecule is O=C([O-])[C@@H]1CCCC[C@H]1C(=O)Nc1nnc(-c2cccs2)s1. The van der Waals surface area contributed by atoms with Crippen molar-refractivity contribution in [1.29, 1.82) is 0 Å². The van der Waals surface area contributed by atoms with E-state index in [0.29, 0.717) is 18.0 Å². The van der Waals surface area contributed by atoms with Crippen LogP contribution in [0, 0.1) is 11.8 Å². The van der Waals surface area contributed by atoms with Crippen LogP contribution in [-0.4, -0.2) is 22.1 Å². The van der Waals surface area contributed by atoms with Crippen LogP contribution in [0.5, 0.6) is 0 Å². The number of aliphatic carboxylic acids is 1. The van der Waals surface area contributed by atoms with E-state index in [1.165, 1.54) is 11.3 Å². The molecule has 0 aliphatic heterocycles. The Kier molecular flexibility index (Phi) is 4.49. The maximum atomic E-state index is 12.3. The summed E-state index contributed by atoms with van der Waals surface area (Å²) in [6, 6.07) is 3.86. The number of aromatic nitrogens is 2. The highest BCUT2D eigenvalue weighted by Crippen LogP contribution is 2.33. The Morgan fingerprint density at radius 3 is 2.68 bits per heavy atom. The number of thiophene rings is 1. The number of rotatable bonds is 4. The molecule has 8 heteroatoms. The van der Waals surface area contributed by atoms with Crippen molar-refractivity contribution in [3.63, 3.8) is 0 Å². The van der Waals surface area contributed by atoms with Gasteiger partial charge in [0.15, 0.2) is 5.01 Å². The quantitative estimate of drug-likeness (QED) is 0.918. The fourth-order valence-corrected chi connectivity index (χ4v) is 4.24. The van der Waals surface area contributed by atoms with E-state index < -0.39 is 17.8 Å². The molecule has 0 aromatic carbocycles. The summed E-state index contributed by atoms with van der Waals surface area (Å²) in [5.74, 6) is -2.70. The van der Waals surface area contributed by atoms with Crippen molar-refractivity contribution >= 4 is 39.7 Å². The number of carbonyl (C=O) groups excluding carboxylic acids is 2. The summed E-state index contributed by atoms with van der Waals surface area (Å²) >= 11 is 2.84. The number of carboxylic acid groups (broad SMARTS) is 1. The summed E-state index contributed by atoms with van der Waals surface area (Å²) in [6.45, 7) is 0. The summed E-state index contributed by atoms with van der Waals surface area (Å²) in [5.41, 5.74) is 0. The van der Waals surface area contributed by atoms with Crippen LogP contribution in [-0.2, 0) is 9.59 Å². The number of hydrogen-bond acceptors (Lipinski definition) is 7. The van der Waals surface area contributed by atoms with E-state index >= 15 is 0 Å². The second kappa shape index (κ2) is 6.53. The van der Waals surface area contributed by atoms with Crippen LogP contribution in [0.4, 0.5) is 5.13 Å². The van der Waals surface area contributed by atoms with Crippen LogP contribution in [0.3, 0.4) is 0 Å². The fourth-order valence-electron chi connectivity index (χ4n) is 2.70. The number of carboxylic acids is 1. The molecule has 2 aromatic heterocycles. The van der Waals surface area contributed by atoms with E-state index in [2.05, 4.69) is 15.5 Å².